The number of nitrogens with zero attached hydrogens (tertiary/aromatic N) is 1. The Labute approximate surface area is 279 Å². The quantitative estimate of drug-likeness (QED) is 0.122. The van der Waals surface area contributed by atoms with Crippen LogP contribution in [0.5, 0.6) is 0 Å². The molecule has 222 valence electrons. The first-order valence-corrected chi connectivity index (χ1v) is 15.2. The van der Waals surface area contributed by atoms with Crippen LogP contribution < -0.4 is 0 Å². The summed E-state index contributed by atoms with van der Waals surface area (Å²) in [7, 11) is 0. The molecule has 41 heavy (non-hydrogen) atoms. The minimum atomic E-state index is 0. The molecule has 3 heteroatoms. The smallest absolute Gasteiger partial charge is 0.106 e. The summed E-state index contributed by atoms with van der Waals surface area (Å²) in [6.07, 6.45) is 0. The van der Waals surface area contributed by atoms with E-state index in [2.05, 4.69) is 98.8 Å². The number of fused-ring (bicyclic) bond motifs is 6. The zero-order valence-electron chi connectivity index (χ0n) is 27.0. The van der Waals surface area contributed by atoms with Crippen molar-refractivity contribution in [1.29, 1.82) is 0 Å². The van der Waals surface area contributed by atoms with Gasteiger partial charge in [0.05, 0.1) is 13.1 Å². The van der Waals surface area contributed by atoms with Crippen LogP contribution in [-0.2, 0) is 67.0 Å². The first-order chi connectivity index (χ1) is 19.1. The summed E-state index contributed by atoms with van der Waals surface area (Å²) in [5.74, 6) is 0. The van der Waals surface area contributed by atoms with Crippen LogP contribution in [0, 0.1) is 26.0 Å². The van der Waals surface area contributed by atoms with Crippen molar-refractivity contribution in [3.05, 3.63) is 118 Å². The molecule has 2 radical (unpaired) electrons. The van der Waals surface area contributed by atoms with Gasteiger partial charge in [-0.15, -0.1) is 11.1 Å². The number of rotatable bonds is 0. The normalized spacial score (nSPS) is 12.5. The van der Waals surface area contributed by atoms with Crippen LogP contribution in [0.3, 0.4) is 0 Å². The molecule has 0 N–H and O–H groups in total. The van der Waals surface area contributed by atoms with E-state index in [9.17, 15) is 0 Å². The zero-order chi connectivity index (χ0) is 29.0. The predicted molar refractivity (Wildman–Crippen MR) is 171 cm³/mol. The largest absolute Gasteiger partial charge is 0.312 e. The van der Waals surface area contributed by atoms with E-state index < -0.39 is 0 Å². The summed E-state index contributed by atoms with van der Waals surface area (Å²) < 4.78 is 0.980. The van der Waals surface area contributed by atoms with Gasteiger partial charge in [-0.05, 0) is 11.1 Å². The Bertz CT molecular complexity index is 1220. The minimum absolute atomic E-state index is 0. The van der Waals surface area contributed by atoms with E-state index in [4.69, 9.17) is 0 Å². The maximum absolute atomic E-state index is 3.65. The molecule has 2 aliphatic heterocycles. The SMILES string of the molecule is CC.CC.CC.CC.Cc1cc[c-]c2c1-c1c([c-]ccc1C)C[N+]1(C2)Cc2ccccc2-c2ccccc2C1.[Re].[Re]. The summed E-state index contributed by atoms with van der Waals surface area (Å²) in [6.45, 7) is 24.5. The summed E-state index contributed by atoms with van der Waals surface area (Å²) in [6, 6.07) is 33.9. The van der Waals surface area contributed by atoms with Crippen LogP contribution in [0.1, 0.15) is 88.8 Å². The fourth-order valence-electron chi connectivity index (χ4n) is 5.84. The Morgan fingerprint density at radius 3 is 1.20 bits per heavy atom. The third-order valence-corrected chi connectivity index (χ3v) is 7.15. The minimum Gasteiger partial charge on any atom is -0.312 e. The molecule has 4 aromatic carbocycles. The van der Waals surface area contributed by atoms with Gasteiger partial charge >= 0.3 is 0 Å². The number of aryl methyl sites for hydroxylation is 2. The zero-order valence-corrected chi connectivity index (χ0v) is 32.4. The molecule has 0 amide bonds. The van der Waals surface area contributed by atoms with Crippen molar-refractivity contribution in [3.8, 4) is 22.3 Å². The second-order valence-corrected chi connectivity index (χ2v) is 9.32. The molecule has 6 rings (SSSR count). The van der Waals surface area contributed by atoms with Gasteiger partial charge < -0.3 is 4.48 Å². The second-order valence-electron chi connectivity index (χ2n) is 9.32. The monoisotopic (exact) mass is 894 g/mol. The van der Waals surface area contributed by atoms with Crippen LogP contribution in [0.4, 0.5) is 0 Å². The van der Waals surface area contributed by atoms with Gasteiger partial charge in [0.15, 0.2) is 0 Å². The number of quaternary nitrogens is 1. The number of benzene rings is 4. The first kappa shape index (κ1) is 39.2. The maximum Gasteiger partial charge on any atom is 0.106 e. The Kier molecular flexibility index (Phi) is 18.5. The van der Waals surface area contributed by atoms with E-state index in [0.29, 0.717) is 0 Å². The van der Waals surface area contributed by atoms with Crippen LogP contribution >= 0.6 is 0 Å². The van der Waals surface area contributed by atoms with Gasteiger partial charge in [0.25, 0.3) is 0 Å². The van der Waals surface area contributed by atoms with E-state index in [1.54, 1.807) is 0 Å². The van der Waals surface area contributed by atoms with Crippen LogP contribution in [0.15, 0.2) is 72.8 Å². The maximum atomic E-state index is 3.65. The molecule has 2 heterocycles. The van der Waals surface area contributed by atoms with Gasteiger partial charge in [-0.3, -0.25) is 0 Å². The molecule has 4 aromatic rings. The Morgan fingerprint density at radius 1 is 0.488 bits per heavy atom. The van der Waals surface area contributed by atoms with E-state index >= 15 is 0 Å². The third kappa shape index (κ3) is 8.60. The summed E-state index contributed by atoms with van der Waals surface area (Å²) in [5.41, 5.74) is 13.8. The van der Waals surface area contributed by atoms with Gasteiger partial charge in [0.1, 0.15) is 13.1 Å². The Hall–Kier alpha value is -1.84. The Morgan fingerprint density at radius 2 is 0.829 bits per heavy atom. The summed E-state index contributed by atoms with van der Waals surface area (Å²) in [5, 5.41) is 0. The van der Waals surface area contributed by atoms with E-state index in [-0.39, 0.29) is 40.8 Å². The van der Waals surface area contributed by atoms with Crippen molar-refractivity contribution in [1.82, 2.24) is 0 Å². The molecule has 0 saturated heterocycles. The standard InChI is InChI=1S/C30H26N.4C2H6.2Re/c1-21-9-7-13-25-19-31(20-26-14-8-10-22(2)30(26)29(21)25)17-23-11-3-5-15-27(23)28-16-6-4-12-24(28)18-31;4*1-2;;/h3-12,15-16H,17-20H2,1-2H3;4*1-2H3;;/q-1;;;;;;. The molecule has 2 aliphatic rings. The molecule has 0 aliphatic carbocycles. The Balaban J connectivity index is 0.00000148. The average molecular weight is 893 g/mol. The molecule has 0 bridgehead atoms. The van der Waals surface area contributed by atoms with E-state index in [0.717, 1.165) is 30.7 Å². The van der Waals surface area contributed by atoms with Crippen molar-refractivity contribution >= 4 is 0 Å². The molecule has 1 spiro atoms. The summed E-state index contributed by atoms with van der Waals surface area (Å²) >= 11 is 0. The van der Waals surface area contributed by atoms with Gasteiger partial charge in [0, 0.05) is 52.0 Å². The molecule has 0 saturated carbocycles. The van der Waals surface area contributed by atoms with Gasteiger partial charge in [-0.1, -0.05) is 118 Å². The van der Waals surface area contributed by atoms with Crippen LogP contribution in [-0.4, -0.2) is 4.48 Å². The van der Waals surface area contributed by atoms with Crippen molar-refractivity contribution < 1.29 is 45.3 Å². The van der Waals surface area contributed by atoms with Crippen molar-refractivity contribution in [2.45, 2.75) is 95.4 Å². The second kappa shape index (κ2) is 19.4. The predicted octanol–water partition coefficient (Wildman–Crippen LogP) is 10.9. The molecule has 0 atom stereocenters. The van der Waals surface area contributed by atoms with Crippen LogP contribution in [0.2, 0.25) is 0 Å². The molecule has 1 nitrogen and oxygen atoms in total. The number of hydrogen-bond acceptors (Lipinski definition) is 0. The third-order valence-electron chi connectivity index (χ3n) is 7.15. The van der Waals surface area contributed by atoms with Gasteiger partial charge in [-0.25, -0.2) is 0 Å². The van der Waals surface area contributed by atoms with Crippen LogP contribution in [0.25, 0.3) is 22.3 Å². The van der Waals surface area contributed by atoms with E-state index in [1.165, 1.54) is 55.6 Å². The topological polar surface area (TPSA) is 0 Å². The number of hydrogen-bond donors (Lipinski definition) is 0. The van der Waals surface area contributed by atoms with E-state index in [1.807, 2.05) is 55.4 Å². The fraction of sp³-hybridized carbons (Fsp3) is 0.368. The summed E-state index contributed by atoms with van der Waals surface area (Å²) in [4.78, 5) is 0. The van der Waals surface area contributed by atoms with Crippen molar-refractivity contribution in [2.75, 3.05) is 0 Å². The molecular formula is C38H50NRe2-. The molecule has 0 fully saturated rings. The van der Waals surface area contributed by atoms with Gasteiger partial charge in [0.2, 0.25) is 0 Å². The molecule has 0 aromatic heterocycles. The first-order valence-electron chi connectivity index (χ1n) is 15.2. The van der Waals surface area contributed by atoms with Crippen molar-refractivity contribution in [3.63, 3.8) is 0 Å². The molecule has 0 unspecified atom stereocenters. The molecular weight excluding hydrogens is 843 g/mol. The van der Waals surface area contributed by atoms with Gasteiger partial charge in [-0.2, -0.15) is 58.7 Å². The van der Waals surface area contributed by atoms with Crippen molar-refractivity contribution in [2.24, 2.45) is 0 Å². The average Bonchev–Trinajstić information content (AvgIpc) is 3.22. The fourth-order valence-corrected chi connectivity index (χ4v) is 5.84.